The minimum Gasteiger partial charge on any atom is -0.489 e. The van der Waals surface area contributed by atoms with Crippen molar-refractivity contribution < 1.29 is 14.6 Å². The lowest BCUT2D eigenvalue weighted by Gasteiger charge is -2.11. The number of amidine groups is 1. The van der Waals surface area contributed by atoms with Crippen LogP contribution in [0.1, 0.15) is 27.0 Å². The molecule has 3 aromatic rings. The number of carboxylic acids is 1. The Bertz CT molecular complexity index is 1050. The van der Waals surface area contributed by atoms with Gasteiger partial charge in [0.05, 0.1) is 5.56 Å². The van der Waals surface area contributed by atoms with Gasteiger partial charge in [-0.15, -0.1) is 0 Å². The number of nitrogens with one attached hydrogen (secondary N) is 1. The summed E-state index contributed by atoms with van der Waals surface area (Å²) in [5.74, 6) is -0.347. The highest BCUT2D eigenvalue weighted by Crippen LogP contribution is 2.25. The number of ether oxygens (including phenoxy) is 1. The largest absolute Gasteiger partial charge is 0.489 e. The highest BCUT2D eigenvalue weighted by Gasteiger charge is 2.10. The van der Waals surface area contributed by atoms with E-state index in [1.807, 2.05) is 36.4 Å². The van der Waals surface area contributed by atoms with E-state index in [0.29, 0.717) is 17.9 Å². The standard InChI is InChI=1S/C23H23N3O3/c24-8-7-15-3-1-6-21(11-15)29-14-16-9-19(13-20(10-16)23(27)28)17-4-2-5-18(12-17)22(25)26/h1-6,9-13H,7-8,14,24H2,(H3,25,26)(H,27,28). The molecule has 3 aromatic carbocycles. The lowest BCUT2D eigenvalue weighted by Crippen LogP contribution is -2.10. The minimum absolute atomic E-state index is 0.0397. The first-order valence-electron chi connectivity index (χ1n) is 9.20. The molecule has 0 radical (unpaired) electrons. The fraction of sp³-hybridized carbons (Fsp3) is 0.130. The molecule has 3 rings (SSSR count). The summed E-state index contributed by atoms with van der Waals surface area (Å²) in [5.41, 5.74) is 15.3. The third-order valence-electron chi connectivity index (χ3n) is 4.48. The average molecular weight is 389 g/mol. The monoisotopic (exact) mass is 389 g/mol. The number of aromatic carboxylic acids is 1. The van der Waals surface area contributed by atoms with Crippen molar-refractivity contribution in [3.63, 3.8) is 0 Å². The smallest absolute Gasteiger partial charge is 0.335 e. The molecule has 0 fully saturated rings. The first-order chi connectivity index (χ1) is 14.0. The minimum atomic E-state index is -1.01. The van der Waals surface area contributed by atoms with Crippen molar-refractivity contribution in [3.8, 4) is 16.9 Å². The number of nitrogens with two attached hydrogens (primary N) is 2. The van der Waals surface area contributed by atoms with Crippen LogP contribution in [-0.2, 0) is 13.0 Å². The van der Waals surface area contributed by atoms with E-state index in [4.69, 9.17) is 21.6 Å². The van der Waals surface area contributed by atoms with Gasteiger partial charge >= 0.3 is 5.97 Å². The molecule has 6 N–H and O–H groups in total. The van der Waals surface area contributed by atoms with Gasteiger partial charge in [-0.25, -0.2) is 4.79 Å². The number of benzene rings is 3. The van der Waals surface area contributed by atoms with Crippen LogP contribution >= 0.6 is 0 Å². The van der Waals surface area contributed by atoms with Gasteiger partial charge in [0, 0.05) is 5.56 Å². The molecule has 0 bridgehead atoms. The summed E-state index contributed by atoms with van der Waals surface area (Å²) in [5, 5.41) is 17.1. The van der Waals surface area contributed by atoms with Gasteiger partial charge in [-0.05, 0) is 71.6 Å². The van der Waals surface area contributed by atoms with E-state index < -0.39 is 5.97 Å². The predicted octanol–water partition coefficient (Wildman–Crippen LogP) is 3.42. The van der Waals surface area contributed by atoms with Crippen molar-refractivity contribution in [2.75, 3.05) is 6.54 Å². The molecule has 0 saturated heterocycles. The number of nitrogen functional groups attached to an aromatic ring is 1. The molecule has 29 heavy (non-hydrogen) atoms. The Morgan fingerprint density at radius 1 is 0.931 bits per heavy atom. The van der Waals surface area contributed by atoms with Crippen molar-refractivity contribution >= 4 is 11.8 Å². The van der Waals surface area contributed by atoms with Crippen molar-refractivity contribution in [2.24, 2.45) is 11.5 Å². The van der Waals surface area contributed by atoms with E-state index >= 15 is 0 Å². The highest BCUT2D eigenvalue weighted by atomic mass is 16.5. The first-order valence-corrected chi connectivity index (χ1v) is 9.20. The fourth-order valence-corrected chi connectivity index (χ4v) is 3.06. The van der Waals surface area contributed by atoms with Gasteiger partial charge in [-0.3, -0.25) is 5.41 Å². The molecule has 0 saturated carbocycles. The van der Waals surface area contributed by atoms with Gasteiger partial charge in [-0.1, -0.05) is 30.3 Å². The summed E-state index contributed by atoms with van der Waals surface area (Å²) in [6.07, 6.45) is 0.766. The summed E-state index contributed by atoms with van der Waals surface area (Å²) in [6.45, 7) is 0.791. The quantitative estimate of drug-likeness (QED) is 0.347. The molecule has 0 atom stereocenters. The van der Waals surface area contributed by atoms with Crippen LogP contribution < -0.4 is 16.2 Å². The van der Waals surface area contributed by atoms with E-state index in [2.05, 4.69) is 0 Å². The van der Waals surface area contributed by atoms with Gasteiger partial charge in [0.2, 0.25) is 0 Å². The van der Waals surface area contributed by atoms with Gasteiger partial charge in [0.15, 0.2) is 0 Å². The summed E-state index contributed by atoms with van der Waals surface area (Å²) >= 11 is 0. The van der Waals surface area contributed by atoms with Crippen LogP contribution in [0.25, 0.3) is 11.1 Å². The van der Waals surface area contributed by atoms with Crippen LogP contribution in [0.15, 0.2) is 66.7 Å². The molecule has 0 heterocycles. The molecular weight excluding hydrogens is 366 g/mol. The topological polar surface area (TPSA) is 122 Å². The Balaban J connectivity index is 1.89. The Kier molecular flexibility index (Phi) is 6.26. The zero-order chi connectivity index (χ0) is 20.8. The molecule has 148 valence electrons. The van der Waals surface area contributed by atoms with Crippen molar-refractivity contribution in [2.45, 2.75) is 13.0 Å². The third-order valence-corrected chi connectivity index (χ3v) is 4.48. The number of carbonyl (C=O) groups is 1. The summed E-state index contributed by atoms with van der Waals surface area (Å²) in [6, 6.07) is 19.9. The van der Waals surface area contributed by atoms with Crippen LogP contribution in [0.2, 0.25) is 0 Å². The van der Waals surface area contributed by atoms with E-state index in [9.17, 15) is 9.90 Å². The third kappa shape index (κ3) is 5.21. The van der Waals surface area contributed by atoms with Crippen LogP contribution in [-0.4, -0.2) is 23.5 Å². The second-order valence-corrected chi connectivity index (χ2v) is 6.69. The molecule has 0 amide bonds. The Morgan fingerprint density at radius 3 is 2.41 bits per heavy atom. The summed E-state index contributed by atoms with van der Waals surface area (Å²) < 4.78 is 5.88. The van der Waals surface area contributed by atoms with Crippen molar-refractivity contribution in [1.82, 2.24) is 0 Å². The molecular formula is C23H23N3O3. The number of rotatable bonds is 8. The SMILES string of the molecule is N=C(N)c1cccc(-c2cc(COc3cccc(CCN)c3)cc(C(=O)O)c2)c1. The maximum Gasteiger partial charge on any atom is 0.335 e. The zero-order valence-corrected chi connectivity index (χ0v) is 15.9. The fourth-order valence-electron chi connectivity index (χ4n) is 3.06. The molecule has 6 heteroatoms. The predicted molar refractivity (Wildman–Crippen MR) is 113 cm³/mol. The molecule has 0 aliphatic heterocycles. The molecule has 0 aliphatic rings. The van der Waals surface area contributed by atoms with Crippen LogP contribution in [0.3, 0.4) is 0 Å². The van der Waals surface area contributed by atoms with Crippen molar-refractivity contribution in [1.29, 1.82) is 5.41 Å². The first kappa shape index (κ1) is 20.1. The summed E-state index contributed by atoms with van der Waals surface area (Å²) in [7, 11) is 0. The van der Waals surface area contributed by atoms with Gasteiger partial charge in [0.1, 0.15) is 18.2 Å². The molecule has 0 aromatic heterocycles. The Hall–Kier alpha value is -3.64. The second-order valence-electron chi connectivity index (χ2n) is 6.69. The second kappa shape index (κ2) is 9.03. The number of hydrogen-bond acceptors (Lipinski definition) is 4. The molecule has 0 unspecified atom stereocenters. The lowest BCUT2D eigenvalue weighted by molar-refractivity contribution is 0.0696. The molecule has 0 aliphatic carbocycles. The van der Waals surface area contributed by atoms with Crippen LogP contribution in [0, 0.1) is 5.41 Å². The van der Waals surface area contributed by atoms with Crippen molar-refractivity contribution in [3.05, 3.63) is 89.0 Å². The van der Waals surface area contributed by atoms with Crippen LogP contribution in [0.5, 0.6) is 5.75 Å². The average Bonchev–Trinajstić information content (AvgIpc) is 2.72. The Labute approximate surface area is 169 Å². The van der Waals surface area contributed by atoms with Gasteiger partial charge in [0.25, 0.3) is 0 Å². The number of hydrogen-bond donors (Lipinski definition) is 4. The number of carboxylic acid groups (broad SMARTS) is 1. The van der Waals surface area contributed by atoms with E-state index in [1.54, 1.807) is 30.3 Å². The Morgan fingerprint density at radius 2 is 1.69 bits per heavy atom. The van der Waals surface area contributed by atoms with Gasteiger partial charge in [-0.2, -0.15) is 0 Å². The molecule has 6 nitrogen and oxygen atoms in total. The van der Waals surface area contributed by atoms with E-state index in [0.717, 1.165) is 28.7 Å². The maximum absolute atomic E-state index is 11.6. The normalized spacial score (nSPS) is 10.5. The maximum atomic E-state index is 11.6. The van der Waals surface area contributed by atoms with Crippen LogP contribution in [0.4, 0.5) is 0 Å². The molecule has 0 spiro atoms. The summed E-state index contributed by atoms with van der Waals surface area (Å²) in [4.78, 5) is 11.6. The highest BCUT2D eigenvalue weighted by molar-refractivity contribution is 5.96. The van der Waals surface area contributed by atoms with E-state index in [1.165, 1.54) is 0 Å². The lowest BCUT2D eigenvalue weighted by atomic mass is 9.98. The van der Waals surface area contributed by atoms with E-state index in [-0.39, 0.29) is 18.0 Å². The van der Waals surface area contributed by atoms with Gasteiger partial charge < -0.3 is 21.3 Å². The zero-order valence-electron chi connectivity index (χ0n) is 15.9.